The number of aromatic nitrogens is 2. The molecular weight excluding hydrogens is 366 g/mol. The lowest BCUT2D eigenvalue weighted by atomic mass is 10.0. The normalized spacial score (nSPS) is 11.2. The predicted octanol–water partition coefficient (Wildman–Crippen LogP) is 6.26. The molecule has 0 aliphatic carbocycles. The Balaban J connectivity index is 1.86. The molecular formula is C24H16ClN3. The van der Waals surface area contributed by atoms with Gasteiger partial charge < -0.3 is 0 Å². The van der Waals surface area contributed by atoms with E-state index in [2.05, 4.69) is 6.07 Å². The lowest BCUT2D eigenvalue weighted by Gasteiger charge is -2.01. The fraction of sp³-hybridized carbons (Fsp3) is 0. The smallest absolute Gasteiger partial charge is 0.1000 e. The van der Waals surface area contributed by atoms with Crippen molar-refractivity contribution in [2.24, 2.45) is 0 Å². The fourth-order valence-corrected chi connectivity index (χ4v) is 3.12. The van der Waals surface area contributed by atoms with E-state index >= 15 is 0 Å². The quantitative estimate of drug-likeness (QED) is 0.391. The van der Waals surface area contributed by atoms with Crippen LogP contribution < -0.4 is 0 Å². The zero-order chi connectivity index (χ0) is 19.3. The van der Waals surface area contributed by atoms with E-state index in [1.165, 1.54) is 0 Å². The largest absolute Gasteiger partial charge is 0.240 e. The highest BCUT2D eigenvalue weighted by molar-refractivity contribution is 6.30. The molecule has 0 aliphatic heterocycles. The molecule has 0 fully saturated rings. The van der Waals surface area contributed by atoms with Gasteiger partial charge in [0, 0.05) is 22.3 Å². The van der Waals surface area contributed by atoms with Crippen LogP contribution in [-0.4, -0.2) is 9.78 Å². The molecule has 4 aromatic rings. The van der Waals surface area contributed by atoms with Crippen LogP contribution in [0.1, 0.15) is 11.1 Å². The second-order valence-corrected chi connectivity index (χ2v) is 6.69. The number of halogens is 1. The van der Waals surface area contributed by atoms with Gasteiger partial charge in [-0.25, -0.2) is 4.68 Å². The van der Waals surface area contributed by atoms with Gasteiger partial charge in [-0.05, 0) is 35.9 Å². The van der Waals surface area contributed by atoms with Crippen molar-refractivity contribution in [3.63, 3.8) is 0 Å². The molecule has 0 saturated carbocycles. The third-order valence-electron chi connectivity index (χ3n) is 4.39. The fourth-order valence-electron chi connectivity index (χ4n) is 2.99. The molecule has 3 nitrogen and oxygen atoms in total. The van der Waals surface area contributed by atoms with E-state index < -0.39 is 0 Å². The molecule has 0 radical (unpaired) electrons. The van der Waals surface area contributed by atoms with Crippen molar-refractivity contribution in [3.05, 3.63) is 107 Å². The maximum atomic E-state index is 9.72. The monoisotopic (exact) mass is 381 g/mol. The van der Waals surface area contributed by atoms with Crippen molar-refractivity contribution in [2.75, 3.05) is 0 Å². The number of allylic oxidation sites excluding steroid dienone is 1. The molecule has 1 aromatic heterocycles. The third kappa shape index (κ3) is 3.73. The molecule has 0 spiro atoms. The molecule has 4 rings (SSSR count). The summed E-state index contributed by atoms with van der Waals surface area (Å²) in [5.41, 5.74) is 5.04. The maximum Gasteiger partial charge on any atom is 0.1000 e. The summed E-state index contributed by atoms with van der Waals surface area (Å²) in [7, 11) is 0. The van der Waals surface area contributed by atoms with Gasteiger partial charge in [0.15, 0.2) is 0 Å². The van der Waals surface area contributed by atoms with Crippen LogP contribution in [0.15, 0.2) is 91.1 Å². The second-order valence-electron chi connectivity index (χ2n) is 6.26. The molecule has 0 unspecified atom stereocenters. The second kappa shape index (κ2) is 7.96. The SMILES string of the molecule is N#CC(=Cc1cn(-c2ccccc2)nc1-c1ccccc1)c1ccc(Cl)cc1. The van der Waals surface area contributed by atoms with Crippen molar-refractivity contribution in [1.29, 1.82) is 5.26 Å². The summed E-state index contributed by atoms with van der Waals surface area (Å²) in [6.45, 7) is 0. The maximum absolute atomic E-state index is 9.72. The number of benzene rings is 3. The first-order valence-corrected chi connectivity index (χ1v) is 9.20. The Bertz CT molecular complexity index is 1150. The van der Waals surface area contributed by atoms with Crippen molar-refractivity contribution >= 4 is 23.3 Å². The van der Waals surface area contributed by atoms with Crippen molar-refractivity contribution in [1.82, 2.24) is 9.78 Å². The molecule has 1 heterocycles. The molecule has 0 N–H and O–H groups in total. The van der Waals surface area contributed by atoms with Crippen LogP contribution in [-0.2, 0) is 0 Å². The van der Waals surface area contributed by atoms with Crippen LogP contribution in [0.4, 0.5) is 0 Å². The topological polar surface area (TPSA) is 41.6 Å². The number of nitriles is 1. The Morgan fingerprint density at radius 1 is 0.893 bits per heavy atom. The van der Waals surface area contributed by atoms with Gasteiger partial charge in [0.05, 0.1) is 23.0 Å². The average Bonchev–Trinajstić information content (AvgIpc) is 3.18. The molecule has 0 amide bonds. The lowest BCUT2D eigenvalue weighted by molar-refractivity contribution is 0.884. The number of para-hydroxylation sites is 1. The first-order valence-electron chi connectivity index (χ1n) is 8.83. The van der Waals surface area contributed by atoms with Crippen LogP contribution in [0.5, 0.6) is 0 Å². The molecule has 0 saturated heterocycles. The lowest BCUT2D eigenvalue weighted by Crippen LogP contribution is -1.93. The van der Waals surface area contributed by atoms with Gasteiger partial charge in [-0.3, -0.25) is 0 Å². The van der Waals surface area contributed by atoms with Crippen LogP contribution >= 0.6 is 11.6 Å². The summed E-state index contributed by atoms with van der Waals surface area (Å²) in [6.07, 6.45) is 3.82. The Kier molecular flexibility index (Phi) is 5.05. The minimum atomic E-state index is 0.557. The highest BCUT2D eigenvalue weighted by Gasteiger charge is 2.12. The Labute approximate surface area is 168 Å². The highest BCUT2D eigenvalue weighted by atomic mass is 35.5. The van der Waals surface area contributed by atoms with E-state index in [9.17, 15) is 5.26 Å². The van der Waals surface area contributed by atoms with Gasteiger partial charge in [-0.1, -0.05) is 72.3 Å². The Morgan fingerprint density at radius 2 is 1.54 bits per heavy atom. The summed E-state index contributed by atoms with van der Waals surface area (Å²) in [4.78, 5) is 0. The first-order chi connectivity index (χ1) is 13.7. The van der Waals surface area contributed by atoms with Gasteiger partial charge in [-0.2, -0.15) is 10.4 Å². The third-order valence-corrected chi connectivity index (χ3v) is 4.64. The summed E-state index contributed by atoms with van der Waals surface area (Å²) < 4.78 is 1.84. The van der Waals surface area contributed by atoms with Gasteiger partial charge in [0.2, 0.25) is 0 Å². The zero-order valence-electron chi connectivity index (χ0n) is 15.0. The van der Waals surface area contributed by atoms with E-state index in [1.54, 1.807) is 12.1 Å². The summed E-state index contributed by atoms with van der Waals surface area (Å²) in [6, 6.07) is 29.5. The molecule has 0 aliphatic rings. The average molecular weight is 382 g/mol. The predicted molar refractivity (Wildman–Crippen MR) is 114 cm³/mol. The summed E-state index contributed by atoms with van der Waals surface area (Å²) in [5, 5.41) is 15.1. The van der Waals surface area contributed by atoms with Crippen LogP contribution in [0.3, 0.4) is 0 Å². The minimum absolute atomic E-state index is 0.557. The van der Waals surface area contributed by atoms with E-state index in [-0.39, 0.29) is 0 Å². The molecule has 3 aromatic carbocycles. The highest BCUT2D eigenvalue weighted by Crippen LogP contribution is 2.28. The van der Waals surface area contributed by atoms with Crippen LogP contribution in [0.2, 0.25) is 5.02 Å². The minimum Gasteiger partial charge on any atom is -0.240 e. The molecule has 0 atom stereocenters. The molecule has 28 heavy (non-hydrogen) atoms. The Hall–Kier alpha value is -3.61. The molecule has 134 valence electrons. The van der Waals surface area contributed by atoms with Gasteiger partial charge in [-0.15, -0.1) is 0 Å². The summed E-state index contributed by atoms with van der Waals surface area (Å²) in [5.74, 6) is 0. The van der Waals surface area contributed by atoms with Gasteiger partial charge in [0.1, 0.15) is 0 Å². The van der Waals surface area contributed by atoms with Crippen LogP contribution in [0.25, 0.3) is 28.6 Å². The molecule has 0 bridgehead atoms. The van der Waals surface area contributed by atoms with Crippen molar-refractivity contribution in [2.45, 2.75) is 0 Å². The van der Waals surface area contributed by atoms with Gasteiger partial charge >= 0.3 is 0 Å². The van der Waals surface area contributed by atoms with E-state index in [4.69, 9.17) is 16.7 Å². The zero-order valence-corrected chi connectivity index (χ0v) is 15.7. The Morgan fingerprint density at radius 3 is 2.18 bits per heavy atom. The van der Waals surface area contributed by atoms with E-state index in [0.29, 0.717) is 10.6 Å². The number of hydrogen-bond donors (Lipinski definition) is 0. The summed E-state index contributed by atoms with van der Waals surface area (Å²) >= 11 is 5.98. The van der Waals surface area contributed by atoms with Gasteiger partial charge in [0.25, 0.3) is 0 Å². The van der Waals surface area contributed by atoms with E-state index in [0.717, 1.165) is 28.1 Å². The standard InChI is InChI=1S/C24H16ClN3/c25-22-13-11-18(12-14-22)20(16-26)15-21-17-28(23-9-5-2-6-10-23)27-24(21)19-7-3-1-4-8-19/h1-15,17H. The number of nitrogens with zero attached hydrogens (tertiary/aromatic N) is 3. The van der Waals surface area contributed by atoms with Crippen LogP contribution in [0, 0.1) is 11.3 Å². The van der Waals surface area contributed by atoms with E-state index in [1.807, 2.05) is 89.8 Å². The molecule has 4 heteroatoms. The first kappa shape index (κ1) is 17.8. The number of rotatable bonds is 4. The van der Waals surface area contributed by atoms with Crippen molar-refractivity contribution < 1.29 is 0 Å². The van der Waals surface area contributed by atoms with Crippen molar-refractivity contribution in [3.8, 4) is 23.0 Å². The number of hydrogen-bond acceptors (Lipinski definition) is 2.